The number of carbonyl (C=O) groups excluding carboxylic acids is 2. The number of para-hydroxylation sites is 1. The van der Waals surface area contributed by atoms with Gasteiger partial charge in [-0.2, -0.15) is 0 Å². The van der Waals surface area contributed by atoms with Gasteiger partial charge in [-0.15, -0.1) is 0 Å². The molecule has 1 aromatic carbocycles. The van der Waals surface area contributed by atoms with Crippen LogP contribution < -0.4 is 15.4 Å². The molecule has 2 aliphatic rings. The third-order valence-electron chi connectivity index (χ3n) is 5.15. The zero-order valence-electron chi connectivity index (χ0n) is 17.0. The number of benzene rings is 1. The normalized spacial score (nSPS) is 22.7. The number of hydrogen-bond acceptors (Lipinski definition) is 6. The molecule has 162 valence electrons. The molecule has 4 rings (SSSR count). The van der Waals surface area contributed by atoms with Crippen LogP contribution in [0.25, 0.3) is 0 Å². The highest BCUT2D eigenvalue weighted by Crippen LogP contribution is 2.21. The number of ether oxygens (including phenoxy) is 1. The van der Waals surface area contributed by atoms with Crippen LogP contribution in [0.4, 0.5) is 4.79 Å². The number of hydrogen-bond donors (Lipinski definition) is 3. The van der Waals surface area contributed by atoms with Gasteiger partial charge in [0.1, 0.15) is 24.6 Å². The SMILES string of the molecule is CN1C(=O)NC(=O)C2C1NC(=NCc1cccnc1)N2CC(O)COc1ccccc1. The fraction of sp³-hybridized carbons (Fsp3) is 0.333. The lowest BCUT2D eigenvalue weighted by atomic mass is 10.1. The van der Waals surface area contributed by atoms with Gasteiger partial charge >= 0.3 is 6.03 Å². The smallest absolute Gasteiger partial charge is 0.325 e. The van der Waals surface area contributed by atoms with Gasteiger partial charge in [0.15, 0.2) is 12.0 Å². The van der Waals surface area contributed by atoms with Crippen molar-refractivity contribution in [2.75, 3.05) is 20.2 Å². The van der Waals surface area contributed by atoms with E-state index in [9.17, 15) is 14.7 Å². The van der Waals surface area contributed by atoms with Crippen LogP contribution in [-0.2, 0) is 11.3 Å². The maximum atomic E-state index is 12.6. The molecule has 3 heterocycles. The van der Waals surface area contributed by atoms with Crippen LogP contribution in [0.5, 0.6) is 5.75 Å². The van der Waals surface area contributed by atoms with Crippen molar-refractivity contribution in [1.29, 1.82) is 0 Å². The van der Waals surface area contributed by atoms with E-state index in [2.05, 4.69) is 20.6 Å². The van der Waals surface area contributed by atoms with Gasteiger partial charge in [0.2, 0.25) is 0 Å². The predicted molar refractivity (Wildman–Crippen MR) is 112 cm³/mol. The molecule has 0 radical (unpaired) electrons. The fourth-order valence-corrected chi connectivity index (χ4v) is 3.57. The van der Waals surface area contributed by atoms with E-state index in [-0.39, 0.29) is 13.2 Å². The second-order valence-electron chi connectivity index (χ2n) is 7.37. The highest BCUT2D eigenvalue weighted by molar-refractivity contribution is 6.04. The number of fused-ring (bicyclic) bond motifs is 1. The summed E-state index contributed by atoms with van der Waals surface area (Å²) in [7, 11) is 1.60. The number of imide groups is 1. The van der Waals surface area contributed by atoms with Gasteiger partial charge in [0.25, 0.3) is 5.91 Å². The van der Waals surface area contributed by atoms with Crippen LogP contribution in [0.15, 0.2) is 59.9 Å². The molecule has 3 unspecified atom stereocenters. The van der Waals surface area contributed by atoms with Crippen LogP contribution in [-0.4, -0.2) is 76.3 Å². The number of amides is 3. The van der Waals surface area contributed by atoms with E-state index in [0.717, 1.165) is 5.56 Å². The molecule has 3 N–H and O–H groups in total. The summed E-state index contributed by atoms with van der Waals surface area (Å²) >= 11 is 0. The molecule has 31 heavy (non-hydrogen) atoms. The lowest BCUT2D eigenvalue weighted by molar-refractivity contribution is -0.127. The summed E-state index contributed by atoms with van der Waals surface area (Å²) in [5.41, 5.74) is 0.897. The van der Waals surface area contributed by atoms with E-state index in [0.29, 0.717) is 18.3 Å². The molecule has 2 aromatic rings. The number of aliphatic hydroxyl groups is 1. The number of urea groups is 1. The molecule has 3 atom stereocenters. The Labute approximate surface area is 179 Å². The highest BCUT2D eigenvalue weighted by Gasteiger charge is 2.50. The fourth-order valence-electron chi connectivity index (χ4n) is 3.57. The van der Waals surface area contributed by atoms with Gasteiger partial charge in [-0.25, -0.2) is 9.79 Å². The first-order valence-electron chi connectivity index (χ1n) is 9.93. The van der Waals surface area contributed by atoms with Crippen LogP contribution >= 0.6 is 0 Å². The van der Waals surface area contributed by atoms with Gasteiger partial charge in [0.05, 0.1) is 13.1 Å². The van der Waals surface area contributed by atoms with E-state index in [1.165, 1.54) is 4.90 Å². The Morgan fingerprint density at radius 1 is 1.23 bits per heavy atom. The number of carbonyl (C=O) groups is 2. The summed E-state index contributed by atoms with van der Waals surface area (Å²) in [6.45, 7) is 0.481. The molecule has 0 bridgehead atoms. The maximum absolute atomic E-state index is 12.6. The molecule has 0 aliphatic carbocycles. The monoisotopic (exact) mass is 424 g/mol. The predicted octanol–water partition coefficient (Wildman–Crippen LogP) is 0.159. The molecule has 0 spiro atoms. The molecule has 10 nitrogen and oxygen atoms in total. The van der Waals surface area contributed by atoms with Crippen molar-refractivity contribution >= 4 is 17.9 Å². The summed E-state index contributed by atoms with van der Waals surface area (Å²) in [6, 6.07) is 11.7. The van der Waals surface area contributed by atoms with Gasteiger partial charge in [-0.3, -0.25) is 15.1 Å². The summed E-state index contributed by atoms with van der Waals surface area (Å²) in [6.07, 6.45) is 1.91. The van der Waals surface area contributed by atoms with Crippen molar-refractivity contribution in [1.82, 2.24) is 25.4 Å². The Morgan fingerprint density at radius 2 is 2.03 bits per heavy atom. The zero-order valence-corrected chi connectivity index (χ0v) is 17.0. The van der Waals surface area contributed by atoms with Crippen molar-refractivity contribution in [2.45, 2.75) is 24.9 Å². The zero-order chi connectivity index (χ0) is 21.8. The number of likely N-dealkylation sites (N-methyl/N-ethyl adjacent to an activating group) is 1. The largest absolute Gasteiger partial charge is 0.491 e. The second kappa shape index (κ2) is 9.00. The lowest BCUT2D eigenvalue weighted by Gasteiger charge is -2.35. The van der Waals surface area contributed by atoms with E-state index < -0.39 is 30.2 Å². The topological polar surface area (TPSA) is 119 Å². The maximum Gasteiger partial charge on any atom is 0.325 e. The van der Waals surface area contributed by atoms with E-state index >= 15 is 0 Å². The van der Waals surface area contributed by atoms with E-state index in [1.54, 1.807) is 36.5 Å². The van der Waals surface area contributed by atoms with E-state index in [1.807, 2.05) is 30.3 Å². The Morgan fingerprint density at radius 3 is 2.77 bits per heavy atom. The number of rotatable bonds is 7. The number of nitrogens with zero attached hydrogens (tertiary/aromatic N) is 4. The number of nitrogens with one attached hydrogen (secondary N) is 2. The first-order valence-corrected chi connectivity index (χ1v) is 9.93. The molecule has 0 saturated carbocycles. The highest BCUT2D eigenvalue weighted by atomic mass is 16.5. The number of aromatic nitrogens is 1. The standard InChI is InChI=1S/C21H24N6O4/c1-26-18-17(19(29)25-21(26)30)27(12-15(28)13-31-16-7-3-2-4-8-16)20(24-18)23-11-14-6-5-9-22-10-14/h2-10,15,17-18,28H,11-13H2,1H3,(H,23,24)(H,25,29,30). The minimum atomic E-state index is -0.889. The summed E-state index contributed by atoms with van der Waals surface area (Å²) in [5.74, 6) is 0.628. The summed E-state index contributed by atoms with van der Waals surface area (Å²) in [5, 5.41) is 16.1. The Kier molecular flexibility index (Phi) is 5.99. The molecular formula is C21H24N6O4. The average Bonchev–Trinajstić information content (AvgIpc) is 3.15. The molecule has 2 fully saturated rings. The number of guanidine groups is 1. The molecule has 1 aromatic heterocycles. The van der Waals surface area contributed by atoms with Crippen LogP contribution in [0.2, 0.25) is 0 Å². The number of aliphatic imine (C=N–C) groups is 1. The molecule has 2 saturated heterocycles. The first kappa shape index (κ1) is 20.6. The Balaban J connectivity index is 1.51. The lowest BCUT2D eigenvalue weighted by Crippen LogP contribution is -2.65. The summed E-state index contributed by atoms with van der Waals surface area (Å²) in [4.78, 5) is 36.4. The van der Waals surface area contributed by atoms with E-state index in [4.69, 9.17) is 4.74 Å². The number of β-amino-alcohol motifs (C(OH)–C–C–N with tert-alkyl or cyclic N) is 1. The van der Waals surface area contributed by atoms with Gasteiger partial charge < -0.3 is 25.0 Å². The second-order valence-corrected chi connectivity index (χ2v) is 7.37. The van der Waals surface area contributed by atoms with Crippen LogP contribution in [0.3, 0.4) is 0 Å². The van der Waals surface area contributed by atoms with Crippen LogP contribution in [0.1, 0.15) is 5.56 Å². The summed E-state index contributed by atoms with van der Waals surface area (Å²) < 4.78 is 5.63. The van der Waals surface area contributed by atoms with Crippen LogP contribution in [0, 0.1) is 0 Å². The van der Waals surface area contributed by atoms with Gasteiger partial charge in [0, 0.05) is 19.4 Å². The first-order chi connectivity index (χ1) is 15.0. The van der Waals surface area contributed by atoms with Crippen molar-refractivity contribution in [3.63, 3.8) is 0 Å². The van der Waals surface area contributed by atoms with Gasteiger partial charge in [-0.05, 0) is 23.8 Å². The Hall–Kier alpha value is -3.66. The number of aliphatic hydroxyl groups excluding tert-OH is 1. The minimum Gasteiger partial charge on any atom is -0.491 e. The Bertz CT molecular complexity index is 955. The van der Waals surface area contributed by atoms with Crippen molar-refractivity contribution in [3.05, 3.63) is 60.4 Å². The number of pyridine rings is 1. The molecule has 3 amide bonds. The van der Waals surface area contributed by atoms with Gasteiger partial charge in [-0.1, -0.05) is 24.3 Å². The quantitative estimate of drug-likeness (QED) is 0.579. The van der Waals surface area contributed by atoms with Crippen molar-refractivity contribution in [3.8, 4) is 5.75 Å². The molecule has 2 aliphatic heterocycles. The minimum absolute atomic E-state index is 0.0458. The third kappa shape index (κ3) is 4.58. The molecular weight excluding hydrogens is 400 g/mol. The van der Waals surface area contributed by atoms with Crippen molar-refractivity contribution < 1.29 is 19.4 Å². The van der Waals surface area contributed by atoms with Crippen molar-refractivity contribution in [2.24, 2.45) is 4.99 Å². The third-order valence-corrected chi connectivity index (χ3v) is 5.15. The average molecular weight is 424 g/mol. The molecule has 10 heteroatoms.